The van der Waals surface area contributed by atoms with Gasteiger partial charge in [0.05, 0.1) is 16.6 Å². The van der Waals surface area contributed by atoms with Gasteiger partial charge in [-0.05, 0) is 31.7 Å². The Morgan fingerprint density at radius 2 is 2.19 bits per heavy atom. The van der Waals surface area contributed by atoms with Crippen LogP contribution in [0.25, 0.3) is 11.1 Å². The maximum Gasteiger partial charge on any atom is 0.417 e. The zero-order valence-electron chi connectivity index (χ0n) is 17.1. The van der Waals surface area contributed by atoms with Crippen LogP contribution in [0.3, 0.4) is 0 Å². The number of hydrogen-bond donors (Lipinski definition) is 0. The van der Waals surface area contributed by atoms with E-state index in [1.54, 1.807) is 22.8 Å². The summed E-state index contributed by atoms with van der Waals surface area (Å²) in [5.41, 5.74) is -0.340. The molecule has 1 atom stereocenters. The molecule has 8 nitrogen and oxygen atoms in total. The maximum absolute atomic E-state index is 13.7. The standard InChI is InChI=1S/C20H23F3N6O2/c1-2-14-9-15(20(21,22)23)17-18(27-31-19(17)26-14)13-5-3-7-28(10-13)16(30)6-4-8-29-12-24-11-25-29/h9,11-13H,2-8,10H2,1H3/t13-/m0/s1. The summed E-state index contributed by atoms with van der Waals surface area (Å²) in [5, 5.41) is 7.88. The second-order valence-corrected chi connectivity index (χ2v) is 7.70. The summed E-state index contributed by atoms with van der Waals surface area (Å²) in [4.78, 5) is 22.4. The van der Waals surface area contributed by atoms with Crippen LogP contribution < -0.4 is 0 Å². The highest BCUT2D eigenvalue weighted by molar-refractivity contribution is 5.82. The SMILES string of the molecule is CCc1cc(C(F)(F)F)c2c([C@H]3CCCN(C(=O)CCCn4cncn4)C3)noc2n1. The van der Waals surface area contributed by atoms with Crippen molar-refractivity contribution in [3.05, 3.63) is 35.7 Å². The average Bonchev–Trinajstić information content (AvgIpc) is 3.42. The van der Waals surface area contributed by atoms with Gasteiger partial charge in [-0.1, -0.05) is 12.1 Å². The summed E-state index contributed by atoms with van der Waals surface area (Å²) < 4.78 is 48.1. The number of pyridine rings is 1. The third-order valence-electron chi connectivity index (χ3n) is 5.60. The molecule has 3 aromatic rings. The minimum atomic E-state index is -4.54. The molecule has 166 valence electrons. The summed E-state index contributed by atoms with van der Waals surface area (Å²) >= 11 is 0. The number of alkyl halides is 3. The lowest BCUT2D eigenvalue weighted by Crippen LogP contribution is -2.39. The summed E-state index contributed by atoms with van der Waals surface area (Å²) in [7, 11) is 0. The molecule has 0 aliphatic carbocycles. The van der Waals surface area contributed by atoms with Crippen molar-refractivity contribution in [3.63, 3.8) is 0 Å². The fraction of sp³-hybridized carbons (Fsp3) is 0.550. The molecule has 0 unspecified atom stereocenters. The van der Waals surface area contributed by atoms with Crippen LogP contribution in [-0.4, -0.2) is 48.8 Å². The Hall–Kier alpha value is -2.98. The van der Waals surface area contributed by atoms with Crippen molar-refractivity contribution in [1.82, 2.24) is 29.8 Å². The third-order valence-corrected chi connectivity index (χ3v) is 5.60. The highest BCUT2D eigenvalue weighted by Gasteiger charge is 2.38. The third kappa shape index (κ3) is 4.54. The van der Waals surface area contributed by atoms with Gasteiger partial charge in [0.1, 0.15) is 12.7 Å². The van der Waals surface area contributed by atoms with Crippen LogP contribution in [0.1, 0.15) is 55.5 Å². The first-order valence-corrected chi connectivity index (χ1v) is 10.3. The first-order chi connectivity index (χ1) is 14.9. The predicted molar refractivity (Wildman–Crippen MR) is 104 cm³/mol. The number of likely N-dealkylation sites (tertiary alicyclic amines) is 1. The molecule has 31 heavy (non-hydrogen) atoms. The number of hydrogen-bond acceptors (Lipinski definition) is 6. The molecule has 0 aromatic carbocycles. The lowest BCUT2D eigenvalue weighted by molar-refractivity contribution is -0.136. The van der Waals surface area contributed by atoms with Crippen molar-refractivity contribution in [2.45, 2.75) is 57.7 Å². The number of rotatable bonds is 6. The lowest BCUT2D eigenvalue weighted by atomic mass is 9.91. The number of amides is 1. The molecule has 0 spiro atoms. The maximum atomic E-state index is 13.7. The van der Waals surface area contributed by atoms with Crippen LogP contribution in [0.4, 0.5) is 13.2 Å². The molecular formula is C20H23F3N6O2. The van der Waals surface area contributed by atoms with Crippen molar-refractivity contribution in [1.29, 1.82) is 0 Å². The molecule has 0 radical (unpaired) electrons. The van der Waals surface area contributed by atoms with E-state index in [-0.39, 0.29) is 28.6 Å². The van der Waals surface area contributed by atoms with Crippen molar-refractivity contribution in [3.8, 4) is 0 Å². The zero-order chi connectivity index (χ0) is 22.0. The molecule has 1 saturated heterocycles. The molecule has 1 fully saturated rings. The number of aromatic nitrogens is 5. The summed E-state index contributed by atoms with van der Waals surface area (Å²) in [5.74, 6) is -0.357. The smallest absolute Gasteiger partial charge is 0.342 e. The number of carbonyl (C=O) groups excluding carboxylic acids is 1. The van der Waals surface area contributed by atoms with Gasteiger partial charge in [-0.3, -0.25) is 9.48 Å². The minimum absolute atomic E-state index is 0.0277. The van der Waals surface area contributed by atoms with Gasteiger partial charge in [0.15, 0.2) is 0 Å². The van der Waals surface area contributed by atoms with Gasteiger partial charge in [0.25, 0.3) is 5.71 Å². The molecule has 1 amide bonds. The van der Waals surface area contributed by atoms with Crippen LogP contribution in [0.15, 0.2) is 23.2 Å². The Morgan fingerprint density at radius 1 is 1.35 bits per heavy atom. The molecule has 4 rings (SSSR count). The van der Waals surface area contributed by atoms with Crippen LogP contribution in [0.2, 0.25) is 0 Å². The van der Waals surface area contributed by atoms with E-state index in [0.717, 1.165) is 6.07 Å². The van der Waals surface area contributed by atoms with Crippen molar-refractivity contribution in [2.75, 3.05) is 13.1 Å². The zero-order valence-corrected chi connectivity index (χ0v) is 17.1. The quantitative estimate of drug-likeness (QED) is 0.587. The second-order valence-electron chi connectivity index (χ2n) is 7.70. The number of halogens is 3. The summed E-state index contributed by atoms with van der Waals surface area (Å²) in [6.07, 6.45) is 1.11. The van der Waals surface area contributed by atoms with Gasteiger partial charge in [0, 0.05) is 37.7 Å². The van der Waals surface area contributed by atoms with Gasteiger partial charge >= 0.3 is 6.18 Å². The van der Waals surface area contributed by atoms with E-state index < -0.39 is 11.7 Å². The van der Waals surface area contributed by atoms with Crippen molar-refractivity contribution >= 4 is 17.0 Å². The van der Waals surface area contributed by atoms with Gasteiger partial charge in [-0.25, -0.2) is 9.97 Å². The van der Waals surface area contributed by atoms with E-state index in [4.69, 9.17) is 4.52 Å². The molecule has 11 heteroatoms. The van der Waals surface area contributed by atoms with Gasteiger partial charge in [-0.2, -0.15) is 18.3 Å². The van der Waals surface area contributed by atoms with E-state index >= 15 is 0 Å². The van der Waals surface area contributed by atoms with Crippen LogP contribution in [0, 0.1) is 0 Å². The number of aryl methyl sites for hydroxylation is 2. The highest BCUT2D eigenvalue weighted by Crippen LogP contribution is 2.40. The molecule has 0 N–H and O–H groups in total. The lowest BCUT2D eigenvalue weighted by Gasteiger charge is -2.32. The number of piperidine rings is 1. The Morgan fingerprint density at radius 3 is 2.90 bits per heavy atom. The van der Waals surface area contributed by atoms with Gasteiger partial charge < -0.3 is 9.42 Å². The molecule has 4 heterocycles. The van der Waals surface area contributed by atoms with E-state index in [0.29, 0.717) is 57.4 Å². The van der Waals surface area contributed by atoms with Gasteiger partial charge in [-0.15, -0.1) is 0 Å². The molecule has 1 aliphatic rings. The second kappa shape index (κ2) is 8.64. The predicted octanol–water partition coefficient (Wildman–Crippen LogP) is 3.58. The highest BCUT2D eigenvalue weighted by atomic mass is 19.4. The molecule has 0 bridgehead atoms. The van der Waals surface area contributed by atoms with E-state index in [1.165, 1.54) is 6.33 Å². The summed E-state index contributed by atoms with van der Waals surface area (Å²) in [6.45, 7) is 3.21. The average molecular weight is 436 g/mol. The Labute approximate surface area is 176 Å². The van der Waals surface area contributed by atoms with Gasteiger partial charge in [0.2, 0.25) is 5.91 Å². The minimum Gasteiger partial charge on any atom is -0.342 e. The first kappa shape index (κ1) is 21.3. The Kier molecular flexibility index (Phi) is 5.92. The monoisotopic (exact) mass is 436 g/mol. The van der Waals surface area contributed by atoms with Crippen LogP contribution in [-0.2, 0) is 23.9 Å². The number of nitrogens with zero attached hydrogens (tertiary/aromatic N) is 6. The van der Waals surface area contributed by atoms with E-state index in [1.807, 2.05) is 0 Å². The fourth-order valence-electron chi connectivity index (χ4n) is 4.03. The normalized spacial score (nSPS) is 17.4. The molecule has 0 saturated carbocycles. The fourth-order valence-corrected chi connectivity index (χ4v) is 4.03. The number of fused-ring (bicyclic) bond motifs is 1. The molecule has 1 aliphatic heterocycles. The van der Waals surface area contributed by atoms with E-state index in [9.17, 15) is 18.0 Å². The van der Waals surface area contributed by atoms with E-state index in [2.05, 4.69) is 20.2 Å². The molecule has 3 aromatic heterocycles. The molecular weight excluding hydrogens is 413 g/mol. The Bertz CT molecular complexity index is 1050. The first-order valence-electron chi connectivity index (χ1n) is 10.3. The largest absolute Gasteiger partial charge is 0.417 e. The van der Waals surface area contributed by atoms with Crippen molar-refractivity contribution < 1.29 is 22.5 Å². The summed E-state index contributed by atoms with van der Waals surface area (Å²) in [6, 6.07) is 1.07. The van der Waals surface area contributed by atoms with Crippen molar-refractivity contribution in [2.24, 2.45) is 0 Å². The van der Waals surface area contributed by atoms with Crippen LogP contribution >= 0.6 is 0 Å². The Balaban J connectivity index is 1.52. The van der Waals surface area contributed by atoms with Crippen LogP contribution in [0.5, 0.6) is 0 Å². The topological polar surface area (TPSA) is 89.9 Å². The number of carbonyl (C=O) groups is 1.